The highest BCUT2D eigenvalue weighted by molar-refractivity contribution is 6.74. The van der Waals surface area contributed by atoms with Crippen LogP contribution in [0.5, 0.6) is 0 Å². The molecular weight excluding hydrogens is 925 g/mol. The van der Waals surface area contributed by atoms with Gasteiger partial charge in [-0.3, -0.25) is 0 Å². The summed E-state index contributed by atoms with van der Waals surface area (Å²) in [6.07, 6.45) is 2.60. The first-order valence-electron chi connectivity index (χ1n) is 23.6. The second-order valence-corrected chi connectivity index (χ2v) is 22.6. The Balaban J connectivity index is 1.30. The van der Waals surface area contributed by atoms with Crippen molar-refractivity contribution < 1.29 is 33.4 Å². The number of nitrogens with one attached hydrogen (secondary N) is 9. The molecule has 2 heterocycles. The van der Waals surface area contributed by atoms with E-state index >= 15 is 0 Å². The predicted octanol–water partition coefficient (Wildman–Crippen LogP) is 9.27. The summed E-state index contributed by atoms with van der Waals surface area (Å²) in [5, 5.41) is 35.5. The van der Waals surface area contributed by atoms with Gasteiger partial charge in [0.05, 0.1) is 12.2 Å². The van der Waals surface area contributed by atoms with Gasteiger partial charge in [0.15, 0.2) is 8.32 Å². The molecule has 0 fully saturated rings. The molecule has 0 bridgehead atoms. The quantitative estimate of drug-likeness (QED) is 0.0193. The SMILES string of the molecule is CCNC(=O)Nc1cccc(Nc2ncc(COC(=O)N(CCCNc3nc(Nc4cccc(NC(=O)NCC)c4)ncc3CO[Si](C)(C)C(C)(C)C)Cc3ccccc3)c(NCCCNC(=O)O)n2)c1. The summed E-state index contributed by atoms with van der Waals surface area (Å²) in [7, 11) is -2.14. The molecular formula is C49H68N14O7Si. The van der Waals surface area contributed by atoms with Gasteiger partial charge in [-0.15, -0.1) is 0 Å². The Labute approximate surface area is 416 Å². The van der Waals surface area contributed by atoms with E-state index in [0.29, 0.717) is 98.1 Å². The van der Waals surface area contributed by atoms with Crippen LogP contribution in [0.3, 0.4) is 0 Å². The van der Waals surface area contributed by atoms with E-state index in [1.54, 1.807) is 53.7 Å². The maximum Gasteiger partial charge on any atom is 0.410 e. The molecule has 71 heavy (non-hydrogen) atoms. The Hall–Kier alpha value is -7.72. The largest absolute Gasteiger partial charge is 0.465 e. The molecule has 3 aromatic carbocycles. The fraction of sp³-hybridized carbons (Fsp3) is 0.388. The summed E-state index contributed by atoms with van der Waals surface area (Å²) in [6.45, 7) is 17.3. The van der Waals surface area contributed by atoms with Crippen molar-refractivity contribution in [2.75, 3.05) is 71.2 Å². The Bertz CT molecular complexity index is 2530. The molecule has 380 valence electrons. The third kappa shape index (κ3) is 18.3. The second kappa shape index (κ2) is 26.9. The number of carbonyl (C=O) groups is 4. The third-order valence-electron chi connectivity index (χ3n) is 11.2. The minimum Gasteiger partial charge on any atom is -0.465 e. The average molecular weight is 993 g/mol. The van der Waals surface area contributed by atoms with Crippen molar-refractivity contribution in [1.29, 1.82) is 0 Å². The summed E-state index contributed by atoms with van der Waals surface area (Å²) in [5.74, 6) is 1.54. The van der Waals surface area contributed by atoms with Gasteiger partial charge in [0.25, 0.3) is 0 Å². The molecule has 21 nitrogen and oxygen atoms in total. The molecule has 0 spiro atoms. The molecule has 0 aliphatic rings. The van der Waals surface area contributed by atoms with E-state index in [1.807, 2.05) is 56.3 Å². The smallest absolute Gasteiger partial charge is 0.410 e. The van der Waals surface area contributed by atoms with Gasteiger partial charge in [-0.25, -0.2) is 29.1 Å². The Kier molecular flexibility index (Phi) is 20.5. The zero-order chi connectivity index (χ0) is 51.2. The number of aromatic nitrogens is 4. The summed E-state index contributed by atoms with van der Waals surface area (Å²) in [4.78, 5) is 69.6. The van der Waals surface area contributed by atoms with Gasteiger partial charge in [0.2, 0.25) is 11.9 Å². The number of carboxylic acid groups (broad SMARTS) is 1. The summed E-state index contributed by atoms with van der Waals surface area (Å²) in [5.41, 5.74) is 4.64. The monoisotopic (exact) mass is 993 g/mol. The van der Waals surface area contributed by atoms with Crippen molar-refractivity contribution in [3.63, 3.8) is 0 Å². The fourth-order valence-corrected chi connectivity index (χ4v) is 7.39. The Morgan fingerprint density at radius 1 is 0.662 bits per heavy atom. The van der Waals surface area contributed by atoms with Crippen molar-refractivity contribution in [2.24, 2.45) is 0 Å². The molecule has 0 atom stereocenters. The van der Waals surface area contributed by atoms with E-state index in [-0.39, 0.29) is 42.7 Å². The van der Waals surface area contributed by atoms with Crippen molar-refractivity contribution in [1.82, 2.24) is 40.8 Å². The summed E-state index contributed by atoms with van der Waals surface area (Å²) >= 11 is 0. The minimum atomic E-state index is -2.14. The number of ether oxygens (including phenoxy) is 1. The topological polar surface area (TPSA) is 270 Å². The molecule has 0 radical (unpaired) electrons. The molecule has 6 amide bonds. The molecule has 0 aliphatic heterocycles. The molecule has 0 aliphatic carbocycles. The molecule has 5 rings (SSSR count). The van der Waals surface area contributed by atoms with Crippen molar-refractivity contribution in [3.05, 3.63) is 108 Å². The van der Waals surface area contributed by atoms with Crippen molar-refractivity contribution >= 4 is 78.8 Å². The van der Waals surface area contributed by atoms with Gasteiger partial charge in [-0.1, -0.05) is 63.2 Å². The van der Waals surface area contributed by atoms with Crippen LogP contribution in [-0.4, -0.2) is 102 Å². The number of benzene rings is 3. The zero-order valence-electron chi connectivity index (χ0n) is 41.6. The van der Waals surface area contributed by atoms with Crippen LogP contribution in [0.25, 0.3) is 0 Å². The molecule has 0 unspecified atom stereocenters. The fourth-order valence-electron chi connectivity index (χ4n) is 6.44. The first kappa shape index (κ1) is 54.2. The number of urea groups is 2. The van der Waals surface area contributed by atoms with Gasteiger partial charge in [-0.05, 0) is 86.8 Å². The van der Waals surface area contributed by atoms with Crippen LogP contribution in [0.15, 0.2) is 91.3 Å². The summed E-state index contributed by atoms with van der Waals surface area (Å²) in [6, 6.07) is 23.3. The normalized spacial score (nSPS) is 11.1. The van der Waals surface area contributed by atoms with E-state index in [4.69, 9.17) is 19.3 Å². The van der Waals surface area contributed by atoms with Crippen LogP contribution in [0.2, 0.25) is 18.1 Å². The van der Waals surface area contributed by atoms with Crippen molar-refractivity contribution in [2.45, 2.75) is 85.4 Å². The van der Waals surface area contributed by atoms with Gasteiger partial charge in [0, 0.05) is 86.5 Å². The minimum absolute atomic E-state index is 0.0130. The number of hydrogen-bond donors (Lipinski definition) is 10. The number of nitrogens with zero attached hydrogens (tertiary/aromatic N) is 5. The van der Waals surface area contributed by atoms with E-state index in [9.17, 15) is 19.2 Å². The van der Waals surface area contributed by atoms with Crippen LogP contribution >= 0.6 is 0 Å². The lowest BCUT2D eigenvalue weighted by atomic mass is 10.2. The number of carbonyl (C=O) groups excluding carboxylic acids is 3. The predicted molar refractivity (Wildman–Crippen MR) is 280 cm³/mol. The number of amides is 6. The van der Waals surface area contributed by atoms with Crippen LogP contribution in [0.1, 0.15) is 64.2 Å². The number of rotatable bonds is 25. The summed E-state index contributed by atoms with van der Waals surface area (Å²) < 4.78 is 12.5. The molecule has 10 N–H and O–H groups in total. The van der Waals surface area contributed by atoms with E-state index in [1.165, 1.54) is 0 Å². The number of hydrogen-bond acceptors (Lipinski definition) is 14. The molecule has 5 aromatic rings. The van der Waals surface area contributed by atoms with Gasteiger partial charge in [-0.2, -0.15) is 9.97 Å². The first-order chi connectivity index (χ1) is 34.0. The molecule has 2 aromatic heterocycles. The van der Waals surface area contributed by atoms with E-state index in [0.717, 1.165) is 11.1 Å². The van der Waals surface area contributed by atoms with E-state index in [2.05, 4.69) is 96.7 Å². The highest BCUT2D eigenvalue weighted by Crippen LogP contribution is 2.37. The molecule has 0 saturated heterocycles. The lowest BCUT2D eigenvalue weighted by Crippen LogP contribution is -2.40. The maximum atomic E-state index is 14.0. The molecule has 0 saturated carbocycles. The standard InChI is InChI=1S/C49H68N14O7Si/c1-8-50-45(64)59-39-21-13-19-37(27-39)57-43-55-29-35(41(61-43)52-23-15-24-54-47(66)67)32-69-48(68)63(31-34-17-11-10-12-18-34)26-16-25-53-42-36(33-70-71(6,7)49(3,4)5)30-56-44(62-42)58-38-20-14-22-40(28-38)60-46(65)51-9-2/h10-14,17-22,27-30,54H,8-9,15-16,23-26,31-33H2,1-7H3,(H,66,67)(H2,50,59,64)(H2,51,60,65)(H2,52,55,57,61)(H2,53,56,58,62). The Morgan fingerprint density at radius 2 is 1.18 bits per heavy atom. The third-order valence-corrected chi connectivity index (χ3v) is 15.7. The highest BCUT2D eigenvalue weighted by Gasteiger charge is 2.37. The lowest BCUT2D eigenvalue weighted by molar-refractivity contribution is 0.0935. The maximum absolute atomic E-state index is 14.0. The van der Waals surface area contributed by atoms with Gasteiger partial charge >= 0.3 is 24.2 Å². The van der Waals surface area contributed by atoms with E-state index < -0.39 is 20.5 Å². The molecule has 22 heteroatoms. The van der Waals surface area contributed by atoms with Crippen LogP contribution in [-0.2, 0) is 28.9 Å². The van der Waals surface area contributed by atoms with Crippen LogP contribution in [0, 0.1) is 0 Å². The first-order valence-corrected chi connectivity index (χ1v) is 26.5. The number of anilines is 8. The van der Waals surface area contributed by atoms with Crippen molar-refractivity contribution in [3.8, 4) is 0 Å². The average Bonchev–Trinajstić information content (AvgIpc) is 3.32. The lowest BCUT2D eigenvalue weighted by Gasteiger charge is -2.36. The van der Waals surface area contributed by atoms with Gasteiger partial charge < -0.3 is 67.0 Å². The second-order valence-electron chi connectivity index (χ2n) is 17.8. The highest BCUT2D eigenvalue weighted by atomic mass is 28.4. The van der Waals surface area contributed by atoms with Crippen LogP contribution in [0.4, 0.5) is 65.5 Å². The van der Waals surface area contributed by atoms with Gasteiger partial charge in [0.1, 0.15) is 18.2 Å². The Morgan fingerprint density at radius 3 is 1.70 bits per heavy atom. The van der Waals surface area contributed by atoms with Crippen LogP contribution < -0.4 is 47.9 Å². The zero-order valence-corrected chi connectivity index (χ0v) is 42.6.